The van der Waals surface area contributed by atoms with Crippen molar-refractivity contribution in [1.29, 1.82) is 0 Å². The Morgan fingerprint density at radius 2 is 2.07 bits per heavy atom. The summed E-state index contributed by atoms with van der Waals surface area (Å²) >= 11 is 5.59. The summed E-state index contributed by atoms with van der Waals surface area (Å²) < 4.78 is 27.9. The van der Waals surface area contributed by atoms with Gasteiger partial charge in [0.05, 0.1) is 18.2 Å². The molecule has 0 N–H and O–H groups in total. The van der Waals surface area contributed by atoms with E-state index < -0.39 is 9.84 Å². The molecule has 1 aliphatic carbocycles. The molecule has 1 saturated heterocycles. The third-order valence-electron chi connectivity index (χ3n) is 5.92. The summed E-state index contributed by atoms with van der Waals surface area (Å²) in [5.41, 5.74) is 2.83. The van der Waals surface area contributed by atoms with Crippen LogP contribution in [0.25, 0.3) is 0 Å². The van der Waals surface area contributed by atoms with Crippen LogP contribution in [0.15, 0.2) is 24.3 Å². The Labute approximate surface area is 165 Å². The van der Waals surface area contributed by atoms with Gasteiger partial charge in [-0.2, -0.15) is 5.10 Å². The molecule has 2 unspecified atom stereocenters. The van der Waals surface area contributed by atoms with Gasteiger partial charge in [0.1, 0.15) is 5.82 Å². The Kier molecular flexibility index (Phi) is 4.98. The maximum absolute atomic E-state index is 11.7. The lowest BCUT2D eigenvalue weighted by Crippen LogP contribution is -2.26. The van der Waals surface area contributed by atoms with Crippen LogP contribution in [0.1, 0.15) is 35.8 Å². The molecule has 4 rings (SSSR count). The monoisotopic (exact) mass is 406 g/mol. The van der Waals surface area contributed by atoms with E-state index >= 15 is 0 Å². The summed E-state index contributed by atoms with van der Waals surface area (Å²) in [5, 5.41) is 4.73. The fourth-order valence-electron chi connectivity index (χ4n) is 4.40. The Bertz CT molecular complexity index is 1010. The van der Waals surface area contributed by atoms with Gasteiger partial charge >= 0.3 is 0 Å². The molecule has 2 atom stereocenters. The predicted octanol–water partition coefficient (Wildman–Crippen LogP) is 2.51. The van der Waals surface area contributed by atoms with E-state index in [0.29, 0.717) is 29.7 Å². The molecule has 6 nitrogen and oxygen atoms in total. The van der Waals surface area contributed by atoms with Crippen LogP contribution in [0.3, 0.4) is 0 Å². The minimum absolute atomic E-state index is 0.151. The molecule has 2 heterocycles. The molecule has 0 radical (unpaired) electrons. The molecular weight excluding hydrogens is 380 g/mol. The topological polar surface area (TPSA) is 60.1 Å². The molecule has 0 saturated carbocycles. The highest BCUT2D eigenvalue weighted by Gasteiger charge is 2.30. The standard InChI is InChI=1S/C19H26N4O2S2/c1-21(17-8-7-15-5-3-4-6-16(15)17)13-23-19(26)22(2)18(20-23)11-14-9-10-27(24,25)12-14/h3-6,14,17H,7-13H2,1-2H3. The molecule has 8 heteroatoms. The lowest BCUT2D eigenvalue weighted by Gasteiger charge is -2.24. The number of benzene rings is 1. The quantitative estimate of drug-likeness (QED) is 0.714. The van der Waals surface area contributed by atoms with E-state index in [0.717, 1.165) is 25.1 Å². The summed E-state index contributed by atoms with van der Waals surface area (Å²) in [5.74, 6) is 1.60. The molecule has 0 amide bonds. The van der Waals surface area contributed by atoms with Gasteiger partial charge in [0.15, 0.2) is 14.6 Å². The van der Waals surface area contributed by atoms with Crippen LogP contribution >= 0.6 is 12.2 Å². The number of rotatable bonds is 5. The molecule has 1 aliphatic heterocycles. The number of hydrogen-bond donors (Lipinski definition) is 0. The maximum Gasteiger partial charge on any atom is 0.198 e. The van der Waals surface area contributed by atoms with Crippen molar-refractivity contribution in [3.63, 3.8) is 0 Å². The largest absolute Gasteiger partial charge is 0.307 e. The van der Waals surface area contributed by atoms with E-state index in [1.165, 1.54) is 11.1 Å². The van der Waals surface area contributed by atoms with Crippen molar-refractivity contribution >= 4 is 22.1 Å². The summed E-state index contributed by atoms with van der Waals surface area (Å²) in [6, 6.07) is 9.02. The first-order chi connectivity index (χ1) is 12.8. The molecule has 2 aromatic rings. The zero-order valence-electron chi connectivity index (χ0n) is 15.8. The Morgan fingerprint density at radius 1 is 1.30 bits per heavy atom. The number of aryl methyl sites for hydroxylation is 1. The second kappa shape index (κ2) is 7.14. The highest BCUT2D eigenvalue weighted by atomic mass is 32.2. The van der Waals surface area contributed by atoms with E-state index in [1.54, 1.807) is 0 Å². The Balaban J connectivity index is 1.49. The van der Waals surface area contributed by atoms with Crippen LogP contribution < -0.4 is 0 Å². The normalized spacial score (nSPS) is 23.8. The summed E-state index contributed by atoms with van der Waals surface area (Å²) in [4.78, 5) is 2.30. The van der Waals surface area contributed by atoms with Crippen LogP contribution in [-0.4, -0.2) is 46.2 Å². The van der Waals surface area contributed by atoms with Gasteiger partial charge in [-0.1, -0.05) is 24.3 Å². The molecule has 1 fully saturated rings. The average Bonchev–Trinajstić information content (AvgIpc) is 3.28. The van der Waals surface area contributed by atoms with E-state index in [2.05, 4.69) is 36.2 Å². The van der Waals surface area contributed by atoms with Crippen molar-refractivity contribution in [2.45, 2.75) is 38.4 Å². The first kappa shape index (κ1) is 18.8. The first-order valence-electron chi connectivity index (χ1n) is 9.45. The lowest BCUT2D eigenvalue weighted by atomic mass is 10.1. The van der Waals surface area contributed by atoms with Crippen LogP contribution in [-0.2, 0) is 36.4 Å². The maximum atomic E-state index is 11.7. The van der Waals surface area contributed by atoms with Crippen molar-refractivity contribution < 1.29 is 8.42 Å². The van der Waals surface area contributed by atoms with Crippen LogP contribution in [0.4, 0.5) is 0 Å². The minimum atomic E-state index is -2.87. The number of nitrogens with zero attached hydrogens (tertiary/aromatic N) is 4. The van der Waals surface area contributed by atoms with E-state index in [4.69, 9.17) is 17.3 Å². The van der Waals surface area contributed by atoms with Gasteiger partial charge in [-0.25, -0.2) is 13.1 Å². The van der Waals surface area contributed by atoms with Gasteiger partial charge in [-0.05, 0) is 55.6 Å². The van der Waals surface area contributed by atoms with Crippen molar-refractivity contribution in [1.82, 2.24) is 19.2 Å². The van der Waals surface area contributed by atoms with Crippen molar-refractivity contribution in [2.75, 3.05) is 18.6 Å². The second-order valence-electron chi connectivity index (χ2n) is 7.88. The smallest absolute Gasteiger partial charge is 0.198 e. The highest BCUT2D eigenvalue weighted by Crippen LogP contribution is 2.35. The molecule has 146 valence electrons. The fourth-order valence-corrected chi connectivity index (χ4v) is 6.46. The molecule has 1 aromatic heterocycles. The SMILES string of the molecule is CN(Cn1nc(CC2CCS(=O)(=O)C2)n(C)c1=S)C1CCc2ccccc21. The summed E-state index contributed by atoms with van der Waals surface area (Å²) in [6.45, 7) is 0.634. The summed E-state index contributed by atoms with van der Waals surface area (Å²) in [7, 11) is 1.18. The Morgan fingerprint density at radius 3 is 2.81 bits per heavy atom. The molecule has 27 heavy (non-hydrogen) atoms. The molecular formula is C19H26N4O2S2. The molecule has 1 aromatic carbocycles. The molecule has 0 bridgehead atoms. The zero-order chi connectivity index (χ0) is 19.2. The van der Waals surface area contributed by atoms with Gasteiger partial charge in [-0.15, -0.1) is 0 Å². The van der Waals surface area contributed by atoms with E-state index in [-0.39, 0.29) is 11.7 Å². The number of fused-ring (bicyclic) bond motifs is 1. The highest BCUT2D eigenvalue weighted by molar-refractivity contribution is 7.91. The van der Waals surface area contributed by atoms with Gasteiger partial charge in [0, 0.05) is 19.5 Å². The lowest BCUT2D eigenvalue weighted by molar-refractivity contribution is 0.181. The van der Waals surface area contributed by atoms with Crippen LogP contribution in [0, 0.1) is 10.7 Å². The van der Waals surface area contributed by atoms with Crippen LogP contribution in [0.2, 0.25) is 0 Å². The van der Waals surface area contributed by atoms with Crippen molar-refractivity contribution in [3.05, 3.63) is 46.0 Å². The molecule has 0 spiro atoms. The van der Waals surface area contributed by atoms with Gasteiger partial charge < -0.3 is 4.57 Å². The molecule has 2 aliphatic rings. The average molecular weight is 407 g/mol. The second-order valence-corrected chi connectivity index (χ2v) is 10.5. The fraction of sp³-hybridized carbons (Fsp3) is 0.579. The van der Waals surface area contributed by atoms with Gasteiger partial charge in [0.25, 0.3) is 0 Å². The third kappa shape index (κ3) is 3.75. The summed E-state index contributed by atoms with van der Waals surface area (Å²) in [6.07, 6.45) is 3.62. The zero-order valence-corrected chi connectivity index (χ0v) is 17.5. The van der Waals surface area contributed by atoms with E-state index in [9.17, 15) is 8.42 Å². The first-order valence-corrected chi connectivity index (χ1v) is 11.7. The predicted molar refractivity (Wildman–Crippen MR) is 108 cm³/mol. The minimum Gasteiger partial charge on any atom is -0.307 e. The Hall–Kier alpha value is -1.51. The number of sulfone groups is 1. The van der Waals surface area contributed by atoms with Crippen molar-refractivity contribution in [2.24, 2.45) is 13.0 Å². The van der Waals surface area contributed by atoms with Crippen LogP contribution in [0.5, 0.6) is 0 Å². The number of aromatic nitrogens is 3. The van der Waals surface area contributed by atoms with Gasteiger partial charge in [0.2, 0.25) is 0 Å². The van der Waals surface area contributed by atoms with Crippen molar-refractivity contribution in [3.8, 4) is 0 Å². The van der Waals surface area contributed by atoms with Gasteiger partial charge in [-0.3, -0.25) is 4.90 Å². The third-order valence-corrected chi connectivity index (χ3v) is 8.24. The van der Waals surface area contributed by atoms with E-state index in [1.807, 2.05) is 16.3 Å². The number of hydrogen-bond acceptors (Lipinski definition) is 5.